The van der Waals surface area contributed by atoms with Gasteiger partial charge in [-0.3, -0.25) is 4.79 Å². The third kappa shape index (κ3) is 4.25. The van der Waals surface area contributed by atoms with E-state index >= 15 is 0 Å². The van der Waals surface area contributed by atoms with E-state index in [0.29, 0.717) is 6.61 Å². The molecule has 0 aromatic heterocycles. The minimum absolute atomic E-state index is 0.132. The van der Waals surface area contributed by atoms with Crippen molar-refractivity contribution in [2.75, 3.05) is 39.8 Å². The number of amides is 1. The molecule has 4 heteroatoms. The summed E-state index contributed by atoms with van der Waals surface area (Å²) < 4.78 is 5.52. The summed E-state index contributed by atoms with van der Waals surface area (Å²) in [4.78, 5) is 17.2. The van der Waals surface area contributed by atoms with E-state index in [-0.39, 0.29) is 5.91 Å². The van der Waals surface area contributed by atoms with Gasteiger partial charge in [0.15, 0.2) is 0 Å². The Kier molecular flexibility index (Phi) is 5.94. The third-order valence-corrected chi connectivity index (χ3v) is 4.97. The summed E-state index contributed by atoms with van der Waals surface area (Å²) >= 11 is 0. The van der Waals surface area contributed by atoms with Crippen LogP contribution in [-0.4, -0.2) is 55.5 Å². The number of rotatable bonds is 4. The second kappa shape index (κ2) is 8.37. The van der Waals surface area contributed by atoms with Gasteiger partial charge in [0.25, 0.3) is 5.91 Å². The fourth-order valence-corrected chi connectivity index (χ4v) is 3.40. The largest absolute Gasteiger partial charge is 0.494 e. The SMILES string of the molecule is CCOc1ccc(-c2cc(C(=O)N3CCCN(C)CC3)ccc2C)cc1. The van der Waals surface area contributed by atoms with Gasteiger partial charge >= 0.3 is 0 Å². The summed E-state index contributed by atoms with van der Waals surface area (Å²) in [5.41, 5.74) is 4.15. The van der Waals surface area contributed by atoms with Crippen LogP contribution in [0.15, 0.2) is 42.5 Å². The monoisotopic (exact) mass is 352 g/mol. The number of nitrogens with zero attached hydrogens (tertiary/aromatic N) is 2. The number of aryl methyl sites for hydroxylation is 1. The van der Waals surface area contributed by atoms with Gasteiger partial charge in [0.1, 0.15) is 5.75 Å². The van der Waals surface area contributed by atoms with E-state index < -0.39 is 0 Å². The second-order valence-corrected chi connectivity index (χ2v) is 6.94. The van der Waals surface area contributed by atoms with E-state index in [1.165, 1.54) is 5.56 Å². The van der Waals surface area contributed by atoms with Crippen LogP contribution in [0.1, 0.15) is 29.3 Å². The minimum atomic E-state index is 0.132. The lowest BCUT2D eigenvalue weighted by Gasteiger charge is -2.21. The van der Waals surface area contributed by atoms with Crippen LogP contribution in [0.4, 0.5) is 0 Å². The molecule has 1 amide bonds. The van der Waals surface area contributed by atoms with Crippen LogP contribution in [0, 0.1) is 6.92 Å². The van der Waals surface area contributed by atoms with Crippen molar-refractivity contribution in [3.63, 3.8) is 0 Å². The Hall–Kier alpha value is -2.33. The number of likely N-dealkylation sites (N-methyl/N-ethyl adjacent to an activating group) is 1. The zero-order valence-electron chi connectivity index (χ0n) is 16.0. The van der Waals surface area contributed by atoms with Gasteiger partial charge in [-0.05, 0) is 74.8 Å². The van der Waals surface area contributed by atoms with Gasteiger partial charge in [0, 0.05) is 25.2 Å². The number of carbonyl (C=O) groups is 1. The predicted molar refractivity (Wildman–Crippen MR) is 106 cm³/mol. The molecule has 0 N–H and O–H groups in total. The molecule has 0 bridgehead atoms. The van der Waals surface area contributed by atoms with Crippen LogP contribution >= 0.6 is 0 Å². The molecule has 0 atom stereocenters. The van der Waals surface area contributed by atoms with E-state index in [1.807, 2.05) is 42.2 Å². The summed E-state index contributed by atoms with van der Waals surface area (Å²) in [7, 11) is 2.11. The van der Waals surface area contributed by atoms with Crippen LogP contribution in [0.2, 0.25) is 0 Å². The van der Waals surface area contributed by atoms with Gasteiger partial charge in [0.2, 0.25) is 0 Å². The molecule has 138 valence electrons. The molecule has 2 aromatic carbocycles. The molecule has 0 aliphatic carbocycles. The van der Waals surface area contributed by atoms with E-state index in [2.05, 4.69) is 31.0 Å². The van der Waals surface area contributed by atoms with Gasteiger partial charge in [-0.2, -0.15) is 0 Å². The molecule has 2 aromatic rings. The minimum Gasteiger partial charge on any atom is -0.494 e. The van der Waals surface area contributed by atoms with Crippen molar-refractivity contribution >= 4 is 5.91 Å². The standard InChI is InChI=1S/C22H28N2O2/c1-4-26-20-10-8-18(9-11-20)21-16-19(7-6-17(21)2)22(25)24-13-5-12-23(3)14-15-24/h6-11,16H,4-5,12-15H2,1-3H3. The summed E-state index contributed by atoms with van der Waals surface area (Å²) in [6, 6.07) is 14.1. The molecule has 1 fully saturated rings. The number of hydrogen-bond donors (Lipinski definition) is 0. The highest BCUT2D eigenvalue weighted by Crippen LogP contribution is 2.27. The first-order chi connectivity index (χ1) is 12.6. The van der Waals surface area contributed by atoms with Crippen molar-refractivity contribution < 1.29 is 9.53 Å². The highest BCUT2D eigenvalue weighted by molar-refractivity contribution is 5.95. The molecule has 26 heavy (non-hydrogen) atoms. The summed E-state index contributed by atoms with van der Waals surface area (Å²) in [6.45, 7) is 8.33. The summed E-state index contributed by atoms with van der Waals surface area (Å²) in [5.74, 6) is 1.00. The lowest BCUT2D eigenvalue weighted by Crippen LogP contribution is -2.34. The maximum atomic E-state index is 13.0. The van der Waals surface area contributed by atoms with E-state index in [0.717, 1.165) is 55.0 Å². The van der Waals surface area contributed by atoms with E-state index in [1.54, 1.807) is 0 Å². The first kappa shape index (κ1) is 18.5. The Bertz CT molecular complexity index is 755. The van der Waals surface area contributed by atoms with Gasteiger partial charge in [0.05, 0.1) is 6.61 Å². The smallest absolute Gasteiger partial charge is 0.253 e. The maximum Gasteiger partial charge on any atom is 0.253 e. The molecule has 0 radical (unpaired) electrons. The third-order valence-electron chi connectivity index (χ3n) is 4.97. The van der Waals surface area contributed by atoms with E-state index in [9.17, 15) is 4.79 Å². The normalized spacial score (nSPS) is 15.6. The first-order valence-corrected chi connectivity index (χ1v) is 9.40. The quantitative estimate of drug-likeness (QED) is 0.838. The fraction of sp³-hybridized carbons (Fsp3) is 0.409. The van der Waals surface area contributed by atoms with Crippen molar-refractivity contribution in [3.8, 4) is 16.9 Å². The van der Waals surface area contributed by atoms with Crippen molar-refractivity contribution in [1.29, 1.82) is 0 Å². The Morgan fingerprint density at radius 3 is 2.54 bits per heavy atom. The van der Waals surface area contributed by atoms with Crippen molar-refractivity contribution in [2.45, 2.75) is 20.3 Å². The molecule has 1 heterocycles. The van der Waals surface area contributed by atoms with Crippen LogP contribution in [0.3, 0.4) is 0 Å². The molecule has 3 rings (SSSR count). The number of hydrogen-bond acceptors (Lipinski definition) is 3. The predicted octanol–water partition coefficient (Wildman–Crippen LogP) is 3.84. The van der Waals surface area contributed by atoms with Crippen LogP contribution in [0.25, 0.3) is 11.1 Å². The van der Waals surface area contributed by atoms with Crippen LogP contribution in [-0.2, 0) is 0 Å². The number of ether oxygens (including phenoxy) is 1. The molecule has 1 aliphatic heterocycles. The molecule has 0 spiro atoms. The summed E-state index contributed by atoms with van der Waals surface area (Å²) in [5, 5.41) is 0. The molecule has 1 saturated heterocycles. The highest BCUT2D eigenvalue weighted by atomic mass is 16.5. The molecule has 0 unspecified atom stereocenters. The molecule has 0 saturated carbocycles. The van der Waals surface area contributed by atoms with Gasteiger partial charge in [-0.1, -0.05) is 18.2 Å². The zero-order chi connectivity index (χ0) is 18.5. The average molecular weight is 352 g/mol. The molecule has 4 nitrogen and oxygen atoms in total. The Balaban J connectivity index is 1.83. The highest BCUT2D eigenvalue weighted by Gasteiger charge is 2.19. The molecular weight excluding hydrogens is 324 g/mol. The maximum absolute atomic E-state index is 13.0. The summed E-state index contributed by atoms with van der Waals surface area (Å²) in [6.07, 6.45) is 1.03. The molecular formula is C22H28N2O2. The fourth-order valence-electron chi connectivity index (χ4n) is 3.40. The lowest BCUT2D eigenvalue weighted by molar-refractivity contribution is 0.0763. The average Bonchev–Trinajstić information content (AvgIpc) is 2.87. The number of carbonyl (C=O) groups excluding carboxylic acids is 1. The van der Waals surface area contributed by atoms with Gasteiger partial charge in [-0.25, -0.2) is 0 Å². The lowest BCUT2D eigenvalue weighted by atomic mass is 9.97. The molecule has 1 aliphatic rings. The van der Waals surface area contributed by atoms with Gasteiger partial charge < -0.3 is 14.5 Å². The van der Waals surface area contributed by atoms with Gasteiger partial charge in [-0.15, -0.1) is 0 Å². The first-order valence-electron chi connectivity index (χ1n) is 9.40. The number of benzene rings is 2. The Morgan fingerprint density at radius 1 is 1.04 bits per heavy atom. The van der Waals surface area contributed by atoms with E-state index in [4.69, 9.17) is 4.74 Å². The van der Waals surface area contributed by atoms with Crippen molar-refractivity contribution in [1.82, 2.24) is 9.80 Å². The van der Waals surface area contributed by atoms with Crippen LogP contribution < -0.4 is 4.74 Å². The zero-order valence-corrected chi connectivity index (χ0v) is 16.0. The van der Waals surface area contributed by atoms with Crippen molar-refractivity contribution in [2.24, 2.45) is 0 Å². The second-order valence-electron chi connectivity index (χ2n) is 6.94. The topological polar surface area (TPSA) is 32.8 Å². The van der Waals surface area contributed by atoms with Crippen molar-refractivity contribution in [3.05, 3.63) is 53.6 Å². The Labute approximate surface area is 156 Å². The Morgan fingerprint density at radius 2 is 1.81 bits per heavy atom. The van der Waals surface area contributed by atoms with Crippen LogP contribution in [0.5, 0.6) is 5.75 Å².